The van der Waals surface area contributed by atoms with E-state index in [4.69, 9.17) is 9.47 Å². The summed E-state index contributed by atoms with van der Waals surface area (Å²) >= 11 is 0. The number of fused-ring (bicyclic) bond motifs is 1. The zero-order chi connectivity index (χ0) is 29.1. The Bertz CT molecular complexity index is 1380. The van der Waals surface area contributed by atoms with Crippen molar-refractivity contribution in [3.63, 3.8) is 0 Å². The monoisotopic (exact) mass is 566 g/mol. The van der Waals surface area contributed by atoms with Crippen LogP contribution in [0.3, 0.4) is 0 Å². The molecule has 42 heavy (non-hydrogen) atoms. The Kier molecular flexibility index (Phi) is 8.63. The fourth-order valence-electron chi connectivity index (χ4n) is 6.45. The lowest BCUT2D eigenvalue weighted by Crippen LogP contribution is -2.43. The van der Waals surface area contributed by atoms with Crippen LogP contribution in [-0.2, 0) is 22.6 Å². The van der Waals surface area contributed by atoms with E-state index in [9.17, 15) is 14.7 Å². The molecule has 1 saturated carbocycles. The van der Waals surface area contributed by atoms with E-state index in [1.54, 1.807) is 24.3 Å². The maximum atomic E-state index is 12.8. The van der Waals surface area contributed by atoms with Gasteiger partial charge in [0.25, 0.3) is 11.8 Å². The van der Waals surface area contributed by atoms with Gasteiger partial charge >= 0.3 is 0 Å². The number of hydrogen-bond donors (Lipinski definition) is 1. The summed E-state index contributed by atoms with van der Waals surface area (Å²) in [6, 6.07) is 23.2. The number of benzene rings is 3. The van der Waals surface area contributed by atoms with Crippen LogP contribution in [0.15, 0.2) is 85.5 Å². The van der Waals surface area contributed by atoms with Gasteiger partial charge in [-0.2, -0.15) is 0 Å². The summed E-state index contributed by atoms with van der Waals surface area (Å²) < 4.78 is 13.1. The molecule has 3 aliphatic rings. The molecule has 2 heterocycles. The second-order valence-corrected chi connectivity index (χ2v) is 11.5. The van der Waals surface area contributed by atoms with E-state index in [1.807, 2.05) is 54.6 Å². The standard InChI is InChI=1S/C35H38N2O5/c1-2-19-36(28-7-3-4-8-28)22-29-20-32(26-15-13-25(23-38)14-16-26)42-35(41-29)27-17-11-24(12-18-27)21-37-33(39)30-9-5-6-10-31(30)34(37)40/h2,5-6,9-18,28-29,32,35,38H,1,3-4,7-8,19-23H2. The first-order chi connectivity index (χ1) is 20.5. The van der Waals surface area contributed by atoms with E-state index in [-0.39, 0.29) is 37.2 Å². The molecular formula is C35H38N2O5. The third-order valence-electron chi connectivity index (χ3n) is 8.73. The Hall–Kier alpha value is -3.62. The number of ether oxygens (including phenoxy) is 2. The van der Waals surface area contributed by atoms with Crippen LogP contribution in [0.4, 0.5) is 0 Å². The molecular weight excluding hydrogens is 528 g/mol. The van der Waals surface area contributed by atoms with Crippen LogP contribution in [0, 0.1) is 0 Å². The molecule has 3 atom stereocenters. The van der Waals surface area contributed by atoms with Gasteiger partial charge in [-0.05, 0) is 41.7 Å². The van der Waals surface area contributed by atoms with Gasteiger partial charge in [-0.1, -0.05) is 79.6 Å². The zero-order valence-electron chi connectivity index (χ0n) is 23.9. The molecule has 218 valence electrons. The molecule has 3 aromatic carbocycles. The van der Waals surface area contributed by atoms with Crippen molar-refractivity contribution >= 4 is 11.8 Å². The number of imide groups is 1. The average molecular weight is 567 g/mol. The largest absolute Gasteiger partial charge is 0.392 e. The molecule has 0 aromatic heterocycles. The molecule has 7 nitrogen and oxygen atoms in total. The number of amides is 2. The second-order valence-electron chi connectivity index (χ2n) is 11.5. The highest BCUT2D eigenvalue weighted by molar-refractivity contribution is 6.21. The van der Waals surface area contributed by atoms with E-state index >= 15 is 0 Å². The normalized spacial score (nSPS) is 22.6. The van der Waals surface area contributed by atoms with E-state index in [2.05, 4.69) is 11.5 Å². The number of nitrogens with zero attached hydrogens (tertiary/aromatic N) is 2. The lowest BCUT2D eigenvalue weighted by molar-refractivity contribution is -0.253. The Morgan fingerprint density at radius 1 is 0.857 bits per heavy atom. The first-order valence-corrected chi connectivity index (χ1v) is 14.9. The summed E-state index contributed by atoms with van der Waals surface area (Å²) in [6.45, 7) is 5.85. The van der Waals surface area contributed by atoms with Crippen molar-refractivity contribution in [1.29, 1.82) is 0 Å². The van der Waals surface area contributed by atoms with Crippen LogP contribution in [0.2, 0.25) is 0 Å². The molecule has 1 aliphatic carbocycles. The number of carbonyl (C=O) groups excluding carboxylic acids is 2. The van der Waals surface area contributed by atoms with Crippen molar-refractivity contribution in [2.24, 2.45) is 0 Å². The number of aliphatic hydroxyl groups excluding tert-OH is 1. The molecule has 2 fully saturated rings. The van der Waals surface area contributed by atoms with Gasteiger partial charge in [-0.15, -0.1) is 6.58 Å². The summed E-state index contributed by atoms with van der Waals surface area (Å²) in [5.74, 6) is -0.522. The van der Waals surface area contributed by atoms with Gasteiger partial charge < -0.3 is 14.6 Å². The fourth-order valence-corrected chi connectivity index (χ4v) is 6.45. The van der Waals surface area contributed by atoms with Crippen molar-refractivity contribution in [1.82, 2.24) is 9.80 Å². The maximum absolute atomic E-state index is 12.8. The molecule has 1 N–H and O–H groups in total. The van der Waals surface area contributed by atoms with E-state index in [0.717, 1.165) is 41.8 Å². The van der Waals surface area contributed by atoms with Gasteiger partial charge in [0.15, 0.2) is 6.29 Å². The van der Waals surface area contributed by atoms with Crippen LogP contribution >= 0.6 is 0 Å². The second kappa shape index (κ2) is 12.7. The Balaban J connectivity index is 1.20. The number of hydrogen-bond acceptors (Lipinski definition) is 6. The SMILES string of the molecule is C=CCN(CC1CC(c2ccc(CO)cc2)OC(c2ccc(CN3C(=O)c4ccccc4C3=O)cc2)O1)C1CCCC1. The van der Waals surface area contributed by atoms with Crippen LogP contribution in [0.5, 0.6) is 0 Å². The average Bonchev–Trinajstić information content (AvgIpc) is 3.65. The molecule has 2 aliphatic heterocycles. The summed E-state index contributed by atoms with van der Waals surface area (Å²) in [4.78, 5) is 29.5. The summed E-state index contributed by atoms with van der Waals surface area (Å²) in [7, 11) is 0. The molecule has 6 rings (SSSR count). The molecule has 2 amide bonds. The molecule has 3 unspecified atom stereocenters. The Labute approximate surface area is 247 Å². The molecule has 0 bridgehead atoms. The molecule has 1 saturated heterocycles. The smallest absolute Gasteiger partial charge is 0.261 e. The fraction of sp³-hybridized carbons (Fsp3) is 0.371. The molecule has 7 heteroatoms. The van der Waals surface area contributed by atoms with E-state index in [1.165, 1.54) is 30.6 Å². The van der Waals surface area contributed by atoms with Gasteiger partial charge in [0.2, 0.25) is 0 Å². The predicted octanol–water partition coefficient (Wildman–Crippen LogP) is 5.95. The number of aliphatic hydroxyl groups is 1. The lowest BCUT2D eigenvalue weighted by Gasteiger charge is -2.39. The summed E-state index contributed by atoms with van der Waals surface area (Å²) in [6.07, 6.45) is 6.90. The third-order valence-corrected chi connectivity index (χ3v) is 8.73. The Morgan fingerprint density at radius 2 is 1.48 bits per heavy atom. The van der Waals surface area contributed by atoms with Crippen molar-refractivity contribution < 1.29 is 24.2 Å². The minimum Gasteiger partial charge on any atom is -0.392 e. The number of carbonyl (C=O) groups is 2. The van der Waals surface area contributed by atoms with Gasteiger partial charge in [0.05, 0.1) is 36.5 Å². The van der Waals surface area contributed by atoms with Crippen molar-refractivity contribution in [3.8, 4) is 0 Å². The van der Waals surface area contributed by atoms with E-state index in [0.29, 0.717) is 17.2 Å². The summed E-state index contributed by atoms with van der Waals surface area (Å²) in [5, 5.41) is 9.51. The van der Waals surface area contributed by atoms with Gasteiger partial charge in [-0.25, -0.2) is 0 Å². The van der Waals surface area contributed by atoms with E-state index < -0.39 is 6.29 Å². The highest BCUT2D eigenvalue weighted by Crippen LogP contribution is 2.39. The lowest BCUT2D eigenvalue weighted by atomic mass is 9.99. The van der Waals surface area contributed by atoms with Crippen LogP contribution in [-0.4, -0.2) is 52.0 Å². The number of rotatable bonds is 10. The highest BCUT2D eigenvalue weighted by Gasteiger charge is 2.36. The molecule has 0 radical (unpaired) electrons. The summed E-state index contributed by atoms with van der Waals surface area (Å²) in [5.41, 5.74) is 4.58. The zero-order valence-corrected chi connectivity index (χ0v) is 23.9. The van der Waals surface area contributed by atoms with Crippen molar-refractivity contribution in [2.45, 2.75) is 69.8 Å². The van der Waals surface area contributed by atoms with Crippen molar-refractivity contribution in [3.05, 3.63) is 119 Å². The molecule has 3 aromatic rings. The quantitative estimate of drug-likeness (QED) is 0.241. The van der Waals surface area contributed by atoms with Crippen LogP contribution in [0.1, 0.15) is 87.5 Å². The first kappa shape index (κ1) is 28.5. The predicted molar refractivity (Wildman–Crippen MR) is 160 cm³/mol. The molecule has 0 spiro atoms. The van der Waals surface area contributed by atoms with Gasteiger partial charge in [-0.3, -0.25) is 19.4 Å². The minimum absolute atomic E-state index is 0.00509. The topological polar surface area (TPSA) is 79.3 Å². The first-order valence-electron chi connectivity index (χ1n) is 14.9. The Morgan fingerprint density at radius 3 is 2.10 bits per heavy atom. The van der Waals surface area contributed by atoms with Gasteiger partial charge in [0.1, 0.15) is 0 Å². The van der Waals surface area contributed by atoms with Crippen LogP contribution < -0.4 is 0 Å². The third kappa shape index (κ3) is 5.96. The minimum atomic E-state index is -0.561. The highest BCUT2D eigenvalue weighted by atomic mass is 16.7. The van der Waals surface area contributed by atoms with Crippen molar-refractivity contribution in [2.75, 3.05) is 13.1 Å². The van der Waals surface area contributed by atoms with Crippen LogP contribution in [0.25, 0.3) is 0 Å². The maximum Gasteiger partial charge on any atom is 0.261 e. The van der Waals surface area contributed by atoms with Gasteiger partial charge in [0, 0.05) is 31.1 Å².